The van der Waals surface area contributed by atoms with E-state index < -0.39 is 0 Å². The molecule has 0 saturated carbocycles. The van der Waals surface area contributed by atoms with E-state index in [1.54, 1.807) is 0 Å². The first-order valence-corrected chi connectivity index (χ1v) is 4.67. The van der Waals surface area contributed by atoms with Crippen molar-refractivity contribution in [2.24, 2.45) is 0 Å². The van der Waals surface area contributed by atoms with Gasteiger partial charge in [0.2, 0.25) is 0 Å². The molecule has 1 radical (unpaired) electrons. The smallest absolute Gasteiger partial charge is 0.0608 e. The van der Waals surface area contributed by atoms with E-state index in [0.29, 0.717) is 0 Å². The summed E-state index contributed by atoms with van der Waals surface area (Å²) in [7, 11) is 0. The molecule has 0 aromatic heterocycles. The summed E-state index contributed by atoms with van der Waals surface area (Å²) in [4.78, 5) is 0. The number of hydrogen-bond acceptors (Lipinski definition) is 3. The van der Waals surface area contributed by atoms with Crippen LogP contribution in [-0.4, -0.2) is 62.5 Å². The van der Waals surface area contributed by atoms with Crippen molar-refractivity contribution < 1.29 is 4.74 Å². The first-order valence-electron chi connectivity index (χ1n) is 4.67. The zero-order valence-electron chi connectivity index (χ0n) is 7.41. The Morgan fingerprint density at radius 2 is 1.42 bits per heavy atom. The first kappa shape index (κ1) is 8.44. The summed E-state index contributed by atoms with van der Waals surface area (Å²) in [5.41, 5.74) is 0. The fraction of sp³-hybridized carbons (Fsp3) is 1.00. The molecule has 0 unspecified atom stereocenters. The van der Waals surface area contributed by atoms with Gasteiger partial charge in [-0.1, -0.05) is 0 Å². The van der Waals surface area contributed by atoms with Crippen molar-refractivity contribution in [2.75, 3.05) is 52.5 Å². The molecule has 12 heavy (non-hydrogen) atoms. The zero-order chi connectivity index (χ0) is 8.23. The average Bonchev–Trinajstić information content (AvgIpc) is 2.21. The van der Waals surface area contributed by atoms with Gasteiger partial charge in [0.15, 0.2) is 0 Å². The Balaban J connectivity index is 1.80. The average molecular weight is 170 g/mol. The third kappa shape index (κ3) is 1.95. The predicted molar refractivity (Wildman–Crippen MR) is 45.8 cm³/mol. The molecule has 0 spiro atoms. The van der Waals surface area contributed by atoms with Crippen molar-refractivity contribution >= 4 is 0 Å². The van der Waals surface area contributed by atoms with Crippen LogP contribution >= 0.6 is 0 Å². The number of hydrogen-bond donors (Lipinski definition) is 0. The molecule has 2 aliphatic rings. The maximum absolute atomic E-state index is 5.30. The monoisotopic (exact) mass is 170 g/mol. The van der Waals surface area contributed by atoms with E-state index in [0.717, 1.165) is 52.5 Å². The van der Waals surface area contributed by atoms with Gasteiger partial charge in [-0.25, -0.2) is 15.3 Å². The number of ether oxygens (including phenoxy) is 1. The van der Waals surface area contributed by atoms with E-state index in [1.807, 2.05) is 0 Å². The largest absolute Gasteiger partial charge is 0.379 e. The van der Waals surface area contributed by atoms with Crippen molar-refractivity contribution in [2.45, 2.75) is 0 Å². The first-order chi connectivity index (χ1) is 5.97. The molecule has 2 saturated heterocycles. The highest BCUT2D eigenvalue weighted by Gasteiger charge is 2.19. The third-order valence-electron chi connectivity index (χ3n) is 2.42. The highest BCUT2D eigenvalue weighted by atomic mass is 16.5. The van der Waals surface area contributed by atoms with Gasteiger partial charge in [0.25, 0.3) is 0 Å². The van der Waals surface area contributed by atoms with Gasteiger partial charge in [0.1, 0.15) is 0 Å². The summed E-state index contributed by atoms with van der Waals surface area (Å²) in [6, 6.07) is 0. The Kier molecular flexibility index (Phi) is 2.94. The number of nitrogens with zero attached hydrogens (tertiary/aromatic N) is 3. The lowest BCUT2D eigenvalue weighted by atomic mass is 10.4. The minimum Gasteiger partial charge on any atom is -0.379 e. The highest BCUT2D eigenvalue weighted by Crippen LogP contribution is 2.03. The van der Waals surface area contributed by atoms with E-state index in [1.165, 1.54) is 0 Å². The molecule has 4 heteroatoms. The van der Waals surface area contributed by atoms with Gasteiger partial charge < -0.3 is 4.74 Å². The molecule has 2 aliphatic heterocycles. The van der Waals surface area contributed by atoms with Crippen LogP contribution in [0.25, 0.3) is 0 Å². The Hall–Kier alpha value is -0.160. The Labute approximate surface area is 73.4 Å². The van der Waals surface area contributed by atoms with Crippen molar-refractivity contribution in [3.63, 3.8) is 0 Å². The molecule has 0 amide bonds. The predicted octanol–water partition coefficient (Wildman–Crippen LogP) is -0.846. The maximum Gasteiger partial charge on any atom is 0.0608 e. The van der Waals surface area contributed by atoms with Crippen LogP contribution in [0.5, 0.6) is 0 Å². The lowest BCUT2D eigenvalue weighted by molar-refractivity contribution is -0.0948. The SMILES string of the molecule is C1CN(N2CCOCC2)CC[N]1. The molecule has 2 fully saturated rings. The van der Waals surface area contributed by atoms with E-state index in [9.17, 15) is 0 Å². The molecule has 0 bridgehead atoms. The molecule has 0 aromatic rings. The van der Waals surface area contributed by atoms with Crippen LogP contribution in [0.3, 0.4) is 0 Å². The van der Waals surface area contributed by atoms with Gasteiger partial charge in [-0.15, -0.1) is 0 Å². The fourth-order valence-corrected chi connectivity index (χ4v) is 1.72. The van der Waals surface area contributed by atoms with Gasteiger partial charge in [-0.05, 0) is 0 Å². The van der Waals surface area contributed by atoms with E-state index >= 15 is 0 Å². The summed E-state index contributed by atoms with van der Waals surface area (Å²) >= 11 is 0. The zero-order valence-corrected chi connectivity index (χ0v) is 7.41. The standard InChI is InChI=1S/C8H16N3O/c1-3-10(4-2-9-1)11-5-7-12-8-6-11/h1-8H2. The number of hydrazine groups is 1. The van der Waals surface area contributed by atoms with Crippen LogP contribution in [0.2, 0.25) is 0 Å². The lowest BCUT2D eigenvalue weighted by Gasteiger charge is -2.39. The van der Waals surface area contributed by atoms with Crippen LogP contribution < -0.4 is 5.32 Å². The van der Waals surface area contributed by atoms with Crippen LogP contribution in [0.4, 0.5) is 0 Å². The van der Waals surface area contributed by atoms with E-state index in [4.69, 9.17) is 4.74 Å². The highest BCUT2D eigenvalue weighted by molar-refractivity contribution is 4.68. The molecule has 4 nitrogen and oxygen atoms in total. The normalized spacial score (nSPS) is 29.0. The van der Waals surface area contributed by atoms with Crippen molar-refractivity contribution in [1.82, 2.24) is 15.3 Å². The van der Waals surface area contributed by atoms with E-state index in [2.05, 4.69) is 15.3 Å². The van der Waals surface area contributed by atoms with Gasteiger partial charge in [0, 0.05) is 39.3 Å². The molecular formula is C8H16N3O. The summed E-state index contributed by atoms with van der Waals surface area (Å²) < 4.78 is 5.30. The van der Waals surface area contributed by atoms with Crippen molar-refractivity contribution in [3.05, 3.63) is 0 Å². The molecule has 2 heterocycles. The second-order valence-corrected chi connectivity index (χ2v) is 3.19. The van der Waals surface area contributed by atoms with Crippen LogP contribution in [0.1, 0.15) is 0 Å². The van der Waals surface area contributed by atoms with Gasteiger partial charge in [-0.3, -0.25) is 0 Å². The van der Waals surface area contributed by atoms with Gasteiger partial charge in [0.05, 0.1) is 13.2 Å². The molecule has 0 atom stereocenters. The molecule has 2 rings (SSSR count). The topological polar surface area (TPSA) is 29.8 Å². The lowest BCUT2D eigenvalue weighted by Crippen LogP contribution is -2.54. The maximum atomic E-state index is 5.30. The summed E-state index contributed by atoms with van der Waals surface area (Å²) in [5.74, 6) is 0. The fourth-order valence-electron chi connectivity index (χ4n) is 1.72. The Bertz CT molecular complexity index is 114. The minimum absolute atomic E-state index is 0.883. The molecular weight excluding hydrogens is 154 g/mol. The number of morpholine rings is 1. The Morgan fingerprint density at radius 3 is 2.08 bits per heavy atom. The number of rotatable bonds is 1. The van der Waals surface area contributed by atoms with Crippen molar-refractivity contribution in [1.29, 1.82) is 0 Å². The van der Waals surface area contributed by atoms with E-state index in [-0.39, 0.29) is 0 Å². The second kappa shape index (κ2) is 4.18. The van der Waals surface area contributed by atoms with Gasteiger partial charge in [-0.2, -0.15) is 0 Å². The molecule has 0 aromatic carbocycles. The molecule has 0 N–H and O–H groups in total. The van der Waals surface area contributed by atoms with Gasteiger partial charge >= 0.3 is 0 Å². The second-order valence-electron chi connectivity index (χ2n) is 3.19. The summed E-state index contributed by atoms with van der Waals surface area (Å²) in [6.07, 6.45) is 0. The quantitative estimate of drug-likeness (QED) is 0.513. The third-order valence-corrected chi connectivity index (χ3v) is 2.42. The van der Waals surface area contributed by atoms with Crippen LogP contribution in [0, 0.1) is 0 Å². The molecule has 0 aliphatic carbocycles. The van der Waals surface area contributed by atoms with Crippen LogP contribution in [-0.2, 0) is 4.74 Å². The molecule has 69 valence electrons. The number of piperazine rings is 1. The summed E-state index contributed by atoms with van der Waals surface area (Å²) in [6.45, 7) is 8.07. The summed E-state index contributed by atoms with van der Waals surface area (Å²) in [5, 5.41) is 9.14. The minimum atomic E-state index is 0.883. The van der Waals surface area contributed by atoms with Crippen molar-refractivity contribution in [3.8, 4) is 0 Å². The van der Waals surface area contributed by atoms with Crippen LogP contribution in [0.15, 0.2) is 0 Å². The Morgan fingerprint density at radius 1 is 0.833 bits per heavy atom.